The molecule has 2 rings (SSSR count). The summed E-state index contributed by atoms with van der Waals surface area (Å²) in [4.78, 5) is 0. The number of H-pyrrole nitrogens is 1. The van der Waals surface area contributed by atoms with Gasteiger partial charge in [0.05, 0.1) is 20.4 Å². The second-order valence-corrected chi connectivity index (χ2v) is 3.75. The molecule has 0 aliphatic carbocycles. The lowest BCUT2D eigenvalue weighted by Gasteiger charge is -2.06. The standard InChI is InChI=1S/C11H12N4O2S/c1-16-9-3-4-10(17-2)8(5-9)6-13-15-7-12-14-11(15)18/h3-7H,1-2H3,(H,14,18)/b13-6-. The molecule has 0 radical (unpaired) electrons. The molecule has 1 aromatic carbocycles. The van der Waals surface area contributed by atoms with Crippen LogP contribution in [-0.4, -0.2) is 35.3 Å². The Morgan fingerprint density at radius 3 is 2.83 bits per heavy atom. The lowest BCUT2D eigenvalue weighted by Crippen LogP contribution is -1.94. The summed E-state index contributed by atoms with van der Waals surface area (Å²) in [5.74, 6) is 1.43. The first-order valence-electron chi connectivity index (χ1n) is 5.13. The predicted molar refractivity (Wildman–Crippen MR) is 69.9 cm³/mol. The quantitative estimate of drug-likeness (QED) is 0.676. The van der Waals surface area contributed by atoms with Gasteiger partial charge in [0.15, 0.2) is 0 Å². The fraction of sp³-hybridized carbons (Fsp3) is 0.182. The zero-order valence-electron chi connectivity index (χ0n) is 9.95. The molecule has 2 aromatic rings. The third-order valence-corrected chi connectivity index (χ3v) is 2.57. The average molecular weight is 264 g/mol. The Morgan fingerprint density at radius 2 is 2.22 bits per heavy atom. The van der Waals surface area contributed by atoms with Gasteiger partial charge in [-0.25, -0.2) is 0 Å². The Kier molecular flexibility index (Phi) is 3.73. The molecule has 1 N–H and O–H groups in total. The molecule has 18 heavy (non-hydrogen) atoms. The number of rotatable bonds is 4. The summed E-state index contributed by atoms with van der Waals surface area (Å²) in [7, 11) is 3.21. The topological polar surface area (TPSA) is 64.4 Å². The van der Waals surface area contributed by atoms with E-state index in [9.17, 15) is 0 Å². The summed E-state index contributed by atoms with van der Waals surface area (Å²) >= 11 is 4.99. The maximum atomic E-state index is 5.24. The molecule has 0 unspecified atom stereocenters. The molecular formula is C11H12N4O2S. The SMILES string of the molecule is COc1ccc(OC)c(/C=N\n2cn[nH]c2=S)c1. The monoisotopic (exact) mass is 264 g/mol. The number of nitrogens with zero attached hydrogens (tertiary/aromatic N) is 3. The lowest BCUT2D eigenvalue weighted by atomic mass is 10.2. The van der Waals surface area contributed by atoms with E-state index in [-0.39, 0.29) is 0 Å². The van der Waals surface area contributed by atoms with Crippen LogP contribution in [0.3, 0.4) is 0 Å². The summed E-state index contributed by atoms with van der Waals surface area (Å²) in [6, 6.07) is 5.46. The molecule has 0 bridgehead atoms. The Morgan fingerprint density at radius 1 is 1.39 bits per heavy atom. The number of methoxy groups -OCH3 is 2. The molecule has 0 aliphatic rings. The van der Waals surface area contributed by atoms with Crippen LogP contribution < -0.4 is 9.47 Å². The van der Waals surface area contributed by atoms with Gasteiger partial charge in [0.2, 0.25) is 4.77 Å². The third-order valence-electron chi connectivity index (χ3n) is 2.29. The smallest absolute Gasteiger partial charge is 0.216 e. The maximum Gasteiger partial charge on any atom is 0.216 e. The van der Waals surface area contributed by atoms with Gasteiger partial charge in [-0.05, 0) is 30.4 Å². The first kappa shape index (κ1) is 12.3. The highest BCUT2D eigenvalue weighted by molar-refractivity contribution is 7.71. The van der Waals surface area contributed by atoms with Crippen LogP contribution in [0.2, 0.25) is 0 Å². The number of hydrogen-bond acceptors (Lipinski definition) is 5. The highest BCUT2D eigenvalue weighted by Crippen LogP contribution is 2.22. The maximum absolute atomic E-state index is 5.24. The van der Waals surface area contributed by atoms with Gasteiger partial charge in [-0.2, -0.15) is 14.9 Å². The minimum Gasteiger partial charge on any atom is -0.497 e. The summed E-state index contributed by atoms with van der Waals surface area (Å²) < 4.78 is 12.3. The number of aromatic nitrogens is 3. The van der Waals surface area contributed by atoms with Crippen LogP contribution in [0.4, 0.5) is 0 Å². The van der Waals surface area contributed by atoms with E-state index in [1.807, 2.05) is 18.2 Å². The summed E-state index contributed by atoms with van der Waals surface area (Å²) in [5, 5.41) is 10.6. The van der Waals surface area contributed by atoms with Crippen molar-refractivity contribution in [2.24, 2.45) is 5.10 Å². The molecule has 0 saturated heterocycles. The first-order valence-corrected chi connectivity index (χ1v) is 5.54. The van der Waals surface area contributed by atoms with Crippen LogP contribution in [0.25, 0.3) is 0 Å². The molecule has 1 aromatic heterocycles. The highest BCUT2D eigenvalue weighted by atomic mass is 32.1. The number of aromatic amines is 1. The number of benzene rings is 1. The van der Waals surface area contributed by atoms with Crippen LogP contribution in [0.5, 0.6) is 11.5 Å². The first-order chi connectivity index (χ1) is 8.74. The van der Waals surface area contributed by atoms with Crippen molar-refractivity contribution in [2.45, 2.75) is 0 Å². The molecule has 6 nitrogen and oxygen atoms in total. The van der Waals surface area contributed by atoms with Crippen LogP contribution in [0.1, 0.15) is 5.56 Å². The molecule has 0 saturated carbocycles. The third kappa shape index (κ3) is 2.57. The van der Waals surface area contributed by atoms with E-state index in [1.165, 1.54) is 11.0 Å². The van der Waals surface area contributed by atoms with Crippen molar-refractivity contribution >= 4 is 18.4 Å². The molecule has 0 fully saturated rings. The lowest BCUT2D eigenvalue weighted by molar-refractivity contribution is 0.402. The van der Waals surface area contributed by atoms with E-state index in [1.54, 1.807) is 20.4 Å². The Labute approximate surface area is 109 Å². The second-order valence-electron chi connectivity index (χ2n) is 3.36. The molecule has 0 amide bonds. The minimum absolute atomic E-state index is 0.424. The molecule has 94 valence electrons. The van der Waals surface area contributed by atoms with E-state index < -0.39 is 0 Å². The van der Waals surface area contributed by atoms with Crippen molar-refractivity contribution in [1.29, 1.82) is 0 Å². The van der Waals surface area contributed by atoms with E-state index in [0.717, 1.165) is 11.3 Å². The molecule has 0 atom stereocenters. The van der Waals surface area contributed by atoms with Gasteiger partial charge >= 0.3 is 0 Å². The molecular weight excluding hydrogens is 252 g/mol. The summed E-state index contributed by atoms with van der Waals surface area (Å²) in [5.41, 5.74) is 0.792. The van der Waals surface area contributed by atoms with Gasteiger partial charge in [0, 0.05) is 5.56 Å². The fourth-order valence-corrected chi connectivity index (χ4v) is 1.54. The van der Waals surface area contributed by atoms with Crippen molar-refractivity contribution in [3.63, 3.8) is 0 Å². The fourth-order valence-electron chi connectivity index (χ4n) is 1.39. The minimum atomic E-state index is 0.424. The number of nitrogens with one attached hydrogen (secondary N) is 1. The van der Waals surface area contributed by atoms with E-state index in [2.05, 4.69) is 15.3 Å². The molecule has 1 heterocycles. The van der Waals surface area contributed by atoms with Crippen LogP contribution in [0.15, 0.2) is 29.6 Å². The van der Waals surface area contributed by atoms with Crippen molar-refractivity contribution in [3.8, 4) is 11.5 Å². The predicted octanol–water partition coefficient (Wildman–Crippen LogP) is 1.84. The Hall–Kier alpha value is -2.15. The number of ether oxygens (including phenoxy) is 2. The Balaban J connectivity index is 2.35. The Bertz CT molecular complexity index is 618. The van der Waals surface area contributed by atoms with Gasteiger partial charge < -0.3 is 9.47 Å². The second kappa shape index (κ2) is 5.46. The average Bonchev–Trinajstić information content (AvgIpc) is 2.81. The number of hydrogen-bond donors (Lipinski definition) is 1. The molecule has 0 spiro atoms. The normalized spacial score (nSPS) is 10.8. The largest absolute Gasteiger partial charge is 0.497 e. The zero-order chi connectivity index (χ0) is 13.0. The summed E-state index contributed by atoms with van der Waals surface area (Å²) in [6.07, 6.45) is 3.12. The summed E-state index contributed by atoms with van der Waals surface area (Å²) in [6.45, 7) is 0. The van der Waals surface area contributed by atoms with Crippen LogP contribution >= 0.6 is 12.2 Å². The van der Waals surface area contributed by atoms with Gasteiger partial charge in [-0.3, -0.25) is 5.10 Å². The molecule has 0 aliphatic heterocycles. The van der Waals surface area contributed by atoms with E-state index in [0.29, 0.717) is 10.5 Å². The zero-order valence-corrected chi connectivity index (χ0v) is 10.8. The highest BCUT2D eigenvalue weighted by Gasteiger charge is 2.02. The molecule has 7 heteroatoms. The van der Waals surface area contributed by atoms with Crippen molar-refractivity contribution in [3.05, 3.63) is 34.9 Å². The van der Waals surface area contributed by atoms with Gasteiger partial charge in [-0.15, -0.1) is 0 Å². The van der Waals surface area contributed by atoms with Crippen molar-refractivity contribution in [2.75, 3.05) is 14.2 Å². The van der Waals surface area contributed by atoms with Crippen molar-refractivity contribution < 1.29 is 9.47 Å². The van der Waals surface area contributed by atoms with Gasteiger partial charge in [0.1, 0.15) is 17.8 Å². The van der Waals surface area contributed by atoms with Crippen LogP contribution in [0, 0.1) is 4.77 Å². The van der Waals surface area contributed by atoms with Gasteiger partial charge in [0.25, 0.3) is 0 Å². The van der Waals surface area contributed by atoms with E-state index >= 15 is 0 Å². The van der Waals surface area contributed by atoms with Crippen LogP contribution in [-0.2, 0) is 0 Å². The van der Waals surface area contributed by atoms with Crippen molar-refractivity contribution in [1.82, 2.24) is 14.9 Å². The van der Waals surface area contributed by atoms with E-state index in [4.69, 9.17) is 21.7 Å². The van der Waals surface area contributed by atoms with Gasteiger partial charge in [-0.1, -0.05) is 0 Å².